The van der Waals surface area contributed by atoms with Crippen LogP contribution in [-0.2, 0) is 4.79 Å². The fraction of sp³-hybridized carbons (Fsp3) is 0.917. The van der Waals surface area contributed by atoms with E-state index in [0.717, 1.165) is 6.54 Å². The van der Waals surface area contributed by atoms with E-state index in [1.54, 1.807) is 6.92 Å². The molecule has 0 heterocycles. The van der Waals surface area contributed by atoms with Gasteiger partial charge < -0.3 is 11.1 Å². The third kappa shape index (κ3) is 3.20. The second-order valence-corrected chi connectivity index (χ2v) is 5.47. The quantitative estimate of drug-likeness (QED) is 0.746. The maximum atomic E-state index is 11.8. The smallest absolute Gasteiger partial charge is 0.239 e. The second-order valence-electron chi connectivity index (χ2n) is 5.47. The van der Waals surface area contributed by atoms with E-state index >= 15 is 0 Å². The lowest BCUT2D eigenvalue weighted by molar-refractivity contribution is -0.126. The Balaban J connectivity index is 2.40. The van der Waals surface area contributed by atoms with Crippen molar-refractivity contribution in [2.75, 3.05) is 6.54 Å². The third-order valence-corrected chi connectivity index (χ3v) is 3.74. The fourth-order valence-electron chi connectivity index (χ4n) is 2.06. The molecular formula is C12H24N2O. The molecule has 0 aromatic heterocycles. The van der Waals surface area contributed by atoms with Crippen LogP contribution in [0.1, 0.15) is 52.9 Å². The van der Waals surface area contributed by atoms with Crippen molar-refractivity contribution >= 4 is 5.91 Å². The van der Waals surface area contributed by atoms with Gasteiger partial charge in [0.1, 0.15) is 0 Å². The molecule has 0 radical (unpaired) electrons. The first-order chi connectivity index (χ1) is 6.90. The minimum Gasteiger partial charge on any atom is -0.354 e. The molecule has 1 saturated carbocycles. The average Bonchev–Trinajstić information content (AvgIpc) is 2.62. The molecular weight excluding hydrogens is 188 g/mol. The number of hydrogen-bond acceptors (Lipinski definition) is 2. The number of amides is 1. The normalized spacial score (nSPS) is 23.5. The molecule has 0 aromatic carbocycles. The van der Waals surface area contributed by atoms with Crippen molar-refractivity contribution in [1.82, 2.24) is 5.32 Å². The van der Waals surface area contributed by atoms with E-state index in [9.17, 15) is 4.79 Å². The van der Waals surface area contributed by atoms with Gasteiger partial charge in [0.05, 0.1) is 5.54 Å². The standard InChI is InChI=1S/C12H24N2O/c1-4-12(3,13)10(15)14-9-11(2)7-5-6-8-11/h4-9,13H2,1-3H3,(H,14,15). The minimum absolute atomic E-state index is 0.0156. The summed E-state index contributed by atoms with van der Waals surface area (Å²) in [5, 5.41) is 2.99. The first-order valence-corrected chi connectivity index (χ1v) is 5.97. The molecule has 3 nitrogen and oxygen atoms in total. The number of nitrogens with two attached hydrogens (primary N) is 1. The van der Waals surface area contributed by atoms with Crippen LogP contribution >= 0.6 is 0 Å². The Hall–Kier alpha value is -0.570. The van der Waals surface area contributed by atoms with E-state index in [1.807, 2.05) is 6.92 Å². The molecule has 0 bridgehead atoms. The third-order valence-electron chi connectivity index (χ3n) is 3.74. The van der Waals surface area contributed by atoms with Gasteiger partial charge in [-0.1, -0.05) is 26.7 Å². The van der Waals surface area contributed by atoms with Crippen molar-refractivity contribution < 1.29 is 4.79 Å². The number of nitrogens with one attached hydrogen (secondary N) is 1. The largest absolute Gasteiger partial charge is 0.354 e. The van der Waals surface area contributed by atoms with E-state index in [4.69, 9.17) is 5.73 Å². The summed E-state index contributed by atoms with van der Waals surface area (Å²) in [5.74, 6) is -0.0156. The topological polar surface area (TPSA) is 55.1 Å². The highest BCUT2D eigenvalue weighted by molar-refractivity contribution is 5.85. The van der Waals surface area contributed by atoms with E-state index < -0.39 is 5.54 Å². The maximum absolute atomic E-state index is 11.8. The van der Waals surface area contributed by atoms with Gasteiger partial charge in [-0.25, -0.2) is 0 Å². The molecule has 0 spiro atoms. The van der Waals surface area contributed by atoms with Gasteiger partial charge in [0, 0.05) is 6.54 Å². The van der Waals surface area contributed by atoms with E-state index in [2.05, 4.69) is 12.2 Å². The average molecular weight is 212 g/mol. The molecule has 1 unspecified atom stereocenters. The van der Waals surface area contributed by atoms with Gasteiger partial charge in [0.25, 0.3) is 0 Å². The fourth-order valence-corrected chi connectivity index (χ4v) is 2.06. The Bertz CT molecular complexity index is 230. The molecule has 1 aliphatic carbocycles. The van der Waals surface area contributed by atoms with Crippen molar-refractivity contribution in [3.63, 3.8) is 0 Å². The summed E-state index contributed by atoms with van der Waals surface area (Å²) in [6, 6.07) is 0. The SMILES string of the molecule is CCC(C)(N)C(=O)NCC1(C)CCCC1. The number of carbonyl (C=O) groups is 1. The molecule has 3 heteroatoms. The number of rotatable bonds is 4. The molecule has 3 N–H and O–H groups in total. The van der Waals surface area contributed by atoms with Crippen LogP contribution in [0.2, 0.25) is 0 Å². The zero-order valence-corrected chi connectivity index (χ0v) is 10.2. The lowest BCUT2D eigenvalue weighted by Crippen LogP contribution is -2.52. The molecule has 1 rings (SSSR count). The zero-order valence-electron chi connectivity index (χ0n) is 10.2. The Morgan fingerprint density at radius 1 is 1.47 bits per heavy atom. The predicted octanol–water partition coefficient (Wildman–Crippen LogP) is 1.81. The van der Waals surface area contributed by atoms with Crippen LogP contribution in [0, 0.1) is 5.41 Å². The minimum atomic E-state index is -0.713. The van der Waals surface area contributed by atoms with E-state index in [-0.39, 0.29) is 5.91 Å². The van der Waals surface area contributed by atoms with Crippen molar-refractivity contribution in [2.45, 2.75) is 58.4 Å². The van der Waals surface area contributed by atoms with Gasteiger partial charge in [-0.05, 0) is 31.6 Å². The first kappa shape index (κ1) is 12.5. The van der Waals surface area contributed by atoms with Crippen LogP contribution in [0.4, 0.5) is 0 Å². The lowest BCUT2D eigenvalue weighted by atomic mass is 9.88. The van der Waals surface area contributed by atoms with Crippen molar-refractivity contribution in [1.29, 1.82) is 0 Å². The van der Waals surface area contributed by atoms with Crippen LogP contribution in [0.3, 0.4) is 0 Å². The highest BCUT2D eigenvalue weighted by Gasteiger charge is 2.31. The molecule has 1 aliphatic rings. The van der Waals surface area contributed by atoms with Crippen LogP contribution in [0.25, 0.3) is 0 Å². The Morgan fingerprint density at radius 2 is 2.00 bits per heavy atom. The number of carbonyl (C=O) groups excluding carboxylic acids is 1. The Kier molecular flexibility index (Phi) is 3.77. The Morgan fingerprint density at radius 3 is 2.47 bits per heavy atom. The van der Waals surface area contributed by atoms with Gasteiger partial charge in [-0.15, -0.1) is 0 Å². The molecule has 1 atom stereocenters. The van der Waals surface area contributed by atoms with Crippen molar-refractivity contribution in [2.24, 2.45) is 11.1 Å². The molecule has 1 fully saturated rings. The zero-order chi connectivity index (χ0) is 11.5. The molecule has 1 amide bonds. The second kappa shape index (κ2) is 4.52. The Labute approximate surface area is 92.8 Å². The first-order valence-electron chi connectivity index (χ1n) is 5.97. The van der Waals surface area contributed by atoms with Crippen LogP contribution in [0.5, 0.6) is 0 Å². The van der Waals surface area contributed by atoms with Crippen LogP contribution < -0.4 is 11.1 Å². The summed E-state index contributed by atoms with van der Waals surface area (Å²) in [6.07, 6.45) is 5.71. The van der Waals surface area contributed by atoms with E-state index in [1.165, 1.54) is 25.7 Å². The van der Waals surface area contributed by atoms with Crippen LogP contribution in [-0.4, -0.2) is 18.0 Å². The van der Waals surface area contributed by atoms with Crippen molar-refractivity contribution in [3.05, 3.63) is 0 Å². The van der Waals surface area contributed by atoms with Gasteiger partial charge in [0.2, 0.25) is 5.91 Å². The maximum Gasteiger partial charge on any atom is 0.239 e. The van der Waals surface area contributed by atoms with E-state index in [0.29, 0.717) is 11.8 Å². The summed E-state index contributed by atoms with van der Waals surface area (Å²) in [5.41, 5.74) is 5.47. The predicted molar refractivity (Wildman–Crippen MR) is 62.5 cm³/mol. The van der Waals surface area contributed by atoms with Gasteiger partial charge in [0.15, 0.2) is 0 Å². The molecule has 0 aromatic rings. The number of hydrogen-bond donors (Lipinski definition) is 2. The summed E-state index contributed by atoms with van der Waals surface area (Å²) in [6.45, 7) is 6.76. The molecule has 0 saturated heterocycles. The van der Waals surface area contributed by atoms with Gasteiger partial charge in [-0.2, -0.15) is 0 Å². The lowest BCUT2D eigenvalue weighted by Gasteiger charge is -2.27. The van der Waals surface area contributed by atoms with Crippen LogP contribution in [0.15, 0.2) is 0 Å². The molecule has 0 aliphatic heterocycles. The molecule has 88 valence electrons. The monoisotopic (exact) mass is 212 g/mol. The summed E-state index contributed by atoms with van der Waals surface area (Å²) in [4.78, 5) is 11.8. The highest BCUT2D eigenvalue weighted by Crippen LogP contribution is 2.36. The van der Waals surface area contributed by atoms with Gasteiger partial charge in [-0.3, -0.25) is 4.79 Å². The van der Waals surface area contributed by atoms with Crippen molar-refractivity contribution in [3.8, 4) is 0 Å². The summed E-state index contributed by atoms with van der Waals surface area (Å²) in [7, 11) is 0. The highest BCUT2D eigenvalue weighted by atomic mass is 16.2. The summed E-state index contributed by atoms with van der Waals surface area (Å²) < 4.78 is 0. The summed E-state index contributed by atoms with van der Waals surface area (Å²) >= 11 is 0. The van der Waals surface area contributed by atoms with Gasteiger partial charge >= 0.3 is 0 Å². The molecule has 15 heavy (non-hydrogen) atoms.